The van der Waals surface area contributed by atoms with Gasteiger partial charge in [0.2, 0.25) is 0 Å². The molecular weight excluding hydrogens is 322 g/mol. The topological polar surface area (TPSA) is 67.2 Å². The highest BCUT2D eigenvalue weighted by Crippen LogP contribution is 2.22. The lowest BCUT2D eigenvalue weighted by Crippen LogP contribution is -2.39. The second kappa shape index (κ2) is 7.79. The van der Waals surface area contributed by atoms with E-state index in [9.17, 15) is 4.79 Å². The molecule has 0 aliphatic heterocycles. The van der Waals surface area contributed by atoms with Crippen LogP contribution in [0.25, 0.3) is 0 Å². The Morgan fingerprint density at radius 2 is 2.08 bits per heavy atom. The second-order valence-corrected chi connectivity index (χ2v) is 6.41. The quantitative estimate of drug-likeness (QED) is 0.714. The van der Waals surface area contributed by atoms with Gasteiger partial charge in [0.15, 0.2) is 0 Å². The first-order valence-electron chi connectivity index (χ1n) is 7.76. The van der Waals surface area contributed by atoms with E-state index in [1.54, 1.807) is 23.8 Å². The molecule has 124 valence electrons. The van der Waals surface area contributed by atoms with Gasteiger partial charge >= 0.3 is 6.03 Å². The molecule has 0 bridgehead atoms. The Kier molecular flexibility index (Phi) is 5.28. The second-order valence-electron chi connectivity index (χ2n) is 5.48. The molecule has 0 saturated carbocycles. The number of amides is 2. The molecule has 5 nitrogen and oxygen atoms in total. The van der Waals surface area contributed by atoms with Crippen molar-refractivity contribution in [1.82, 2.24) is 15.6 Å². The monoisotopic (exact) mass is 341 g/mol. The van der Waals surface area contributed by atoms with E-state index in [0.717, 1.165) is 10.6 Å². The van der Waals surface area contributed by atoms with Crippen LogP contribution in [0.15, 0.2) is 64.7 Å². The summed E-state index contributed by atoms with van der Waals surface area (Å²) in [6, 6.07) is 12.9. The van der Waals surface area contributed by atoms with E-state index >= 15 is 0 Å². The van der Waals surface area contributed by atoms with E-state index in [2.05, 4.69) is 15.6 Å². The first-order chi connectivity index (χ1) is 11.7. The number of benzene rings is 1. The van der Waals surface area contributed by atoms with Crippen molar-refractivity contribution < 1.29 is 9.21 Å². The summed E-state index contributed by atoms with van der Waals surface area (Å²) < 4.78 is 5.48. The van der Waals surface area contributed by atoms with Crippen LogP contribution in [0.2, 0.25) is 0 Å². The molecule has 3 aromatic rings. The molecule has 0 spiro atoms. The molecule has 0 radical (unpaired) electrons. The summed E-state index contributed by atoms with van der Waals surface area (Å²) in [6.45, 7) is 2.57. The first kappa shape index (κ1) is 16.3. The van der Waals surface area contributed by atoms with Gasteiger partial charge < -0.3 is 15.1 Å². The lowest BCUT2D eigenvalue weighted by atomic mass is 10.0. The van der Waals surface area contributed by atoms with Gasteiger partial charge in [-0.15, -0.1) is 11.3 Å². The van der Waals surface area contributed by atoms with Crippen LogP contribution in [0.5, 0.6) is 0 Å². The van der Waals surface area contributed by atoms with Crippen LogP contribution in [0.3, 0.4) is 0 Å². The van der Waals surface area contributed by atoms with E-state index in [1.165, 1.54) is 0 Å². The summed E-state index contributed by atoms with van der Waals surface area (Å²) in [7, 11) is 0. The van der Waals surface area contributed by atoms with Crippen molar-refractivity contribution in [3.63, 3.8) is 0 Å². The minimum absolute atomic E-state index is 0.175. The average Bonchev–Trinajstić information content (AvgIpc) is 3.31. The molecule has 6 heteroatoms. The van der Waals surface area contributed by atoms with Gasteiger partial charge in [-0.3, -0.25) is 0 Å². The van der Waals surface area contributed by atoms with E-state index in [4.69, 9.17) is 4.42 Å². The van der Waals surface area contributed by atoms with Gasteiger partial charge in [0.05, 0.1) is 11.3 Å². The summed E-state index contributed by atoms with van der Waals surface area (Å²) in [5, 5.41) is 8.84. The number of carbonyl (C=O) groups is 1. The van der Waals surface area contributed by atoms with E-state index in [1.807, 2.05) is 54.8 Å². The molecule has 0 saturated heterocycles. The van der Waals surface area contributed by atoms with Crippen LogP contribution >= 0.6 is 11.3 Å². The standard InChI is InChI=1S/C18H19N3O2S/c1-13(17-19-9-11-24-17)12-20-18(22)21-16(15-8-5-10-23-15)14-6-3-2-4-7-14/h2-11,13,16H,12H2,1H3,(H2,20,21,22)/t13-,16+/m1/s1. The minimum Gasteiger partial charge on any atom is -0.467 e. The number of urea groups is 1. The van der Waals surface area contributed by atoms with Crippen LogP contribution < -0.4 is 10.6 Å². The molecule has 24 heavy (non-hydrogen) atoms. The molecule has 2 amide bonds. The van der Waals surface area contributed by atoms with E-state index < -0.39 is 0 Å². The lowest BCUT2D eigenvalue weighted by Gasteiger charge is -2.18. The highest BCUT2D eigenvalue weighted by Gasteiger charge is 2.19. The SMILES string of the molecule is C[C@H](CNC(=O)N[C@@H](c1ccccc1)c1ccco1)c1nccs1. The number of hydrogen-bond donors (Lipinski definition) is 2. The van der Waals surface area contributed by atoms with Crippen molar-refractivity contribution >= 4 is 17.4 Å². The summed E-state index contributed by atoms with van der Waals surface area (Å²) in [5.74, 6) is 0.874. The van der Waals surface area contributed by atoms with Gasteiger partial charge in [-0.25, -0.2) is 9.78 Å². The molecule has 3 rings (SSSR count). The number of thiazole rings is 1. The first-order valence-corrected chi connectivity index (χ1v) is 8.64. The summed E-state index contributed by atoms with van der Waals surface area (Å²) in [4.78, 5) is 16.6. The lowest BCUT2D eigenvalue weighted by molar-refractivity contribution is 0.236. The van der Waals surface area contributed by atoms with E-state index in [-0.39, 0.29) is 18.0 Å². The Balaban J connectivity index is 1.63. The molecular formula is C18H19N3O2S. The van der Waals surface area contributed by atoms with Crippen molar-refractivity contribution in [2.24, 2.45) is 0 Å². The van der Waals surface area contributed by atoms with E-state index in [0.29, 0.717) is 12.3 Å². The number of rotatable bonds is 6. The summed E-state index contributed by atoms with van der Waals surface area (Å²) >= 11 is 1.59. The number of nitrogens with one attached hydrogen (secondary N) is 2. The van der Waals surface area contributed by atoms with Gasteiger partial charge in [0.1, 0.15) is 11.8 Å². The Morgan fingerprint density at radius 3 is 2.75 bits per heavy atom. The zero-order valence-corrected chi connectivity index (χ0v) is 14.1. The largest absolute Gasteiger partial charge is 0.467 e. The normalized spacial score (nSPS) is 13.2. The minimum atomic E-state index is -0.323. The Labute approximate surface area is 144 Å². The zero-order valence-electron chi connectivity index (χ0n) is 13.3. The summed E-state index contributed by atoms with van der Waals surface area (Å²) in [5.41, 5.74) is 0.968. The fraction of sp³-hybridized carbons (Fsp3) is 0.222. The molecule has 1 aromatic carbocycles. The zero-order chi connectivity index (χ0) is 16.8. The molecule has 2 atom stereocenters. The van der Waals surface area contributed by atoms with Crippen molar-refractivity contribution in [3.8, 4) is 0 Å². The van der Waals surface area contributed by atoms with Crippen LogP contribution in [0, 0.1) is 0 Å². The third kappa shape index (κ3) is 4.02. The van der Waals surface area contributed by atoms with Crippen LogP contribution in [-0.2, 0) is 0 Å². The van der Waals surface area contributed by atoms with Crippen molar-refractivity contribution in [2.75, 3.05) is 6.54 Å². The van der Waals surface area contributed by atoms with Crippen molar-refractivity contribution in [3.05, 3.63) is 76.6 Å². The van der Waals surface area contributed by atoms with Crippen molar-refractivity contribution in [2.45, 2.75) is 18.9 Å². The Hall–Kier alpha value is -2.60. The van der Waals surface area contributed by atoms with Gasteiger partial charge in [0, 0.05) is 24.0 Å². The third-order valence-electron chi connectivity index (χ3n) is 3.68. The number of nitrogens with zero attached hydrogens (tertiary/aromatic N) is 1. The van der Waals surface area contributed by atoms with Gasteiger partial charge in [-0.1, -0.05) is 37.3 Å². The molecule has 0 aliphatic carbocycles. The molecule has 2 heterocycles. The van der Waals surface area contributed by atoms with Crippen LogP contribution in [-0.4, -0.2) is 17.6 Å². The summed E-state index contributed by atoms with van der Waals surface area (Å²) in [6.07, 6.45) is 3.38. The molecule has 0 fully saturated rings. The van der Waals surface area contributed by atoms with Crippen molar-refractivity contribution in [1.29, 1.82) is 0 Å². The molecule has 2 N–H and O–H groups in total. The fourth-order valence-electron chi connectivity index (χ4n) is 2.41. The maximum atomic E-state index is 12.3. The average molecular weight is 341 g/mol. The highest BCUT2D eigenvalue weighted by molar-refractivity contribution is 7.09. The molecule has 0 unspecified atom stereocenters. The number of carbonyl (C=O) groups excluding carboxylic acids is 1. The maximum Gasteiger partial charge on any atom is 0.315 e. The predicted molar refractivity (Wildman–Crippen MR) is 94.1 cm³/mol. The molecule has 0 aliphatic rings. The predicted octanol–water partition coefficient (Wildman–Crippen LogP) is 3.93. The van der Waals surface area contributed by atoms with Gasteiger partial charge in [-0.05, 0) is 17.7 Å². The fourth-order valence-corrected chi connectivity index (χ4v) is 3.11. The number of hydrogen-bond acceptors (Lipinski definition) is 4. The highest BCUT2D eigenvalue weighted by atomic mass is 32.1. The van der Waals surface area contributed by atoms with Gasteiger partial charge in [-0.2, -0.15) is 0 Å². The van der Waals surface area contributed by atoms with Crippen LogP contribution in [0.4, 0.5) is 4.79 Å². The molecule has 2 aromatic heterocycles. The Bertz CT molecular complexity index is 742. The maximum absolute atomic E-state index is 12.3. The Morgan fingerprint density at radius 1 is 1.25 bits per heavy atom. The van der Waals surface area contributed by atoms with Gasteiger partial charge in [0.25, 0.3) is 0 Å². The van der Waals surface area contributed by atoms with Crippen LogP contribution in [0.1, 0.15) is 35.2 Å². The number of aromatic nitrogens is 1. The smallest absolute Gasteiger partial charge is 0.315 e. The number of furan rings is 1. The third-order valence-corrected chi connectivity index (χ3v) is 4.68.